The Morgan fingerprint density at radius 3 is 2.44 bits per heavy atom. The van der Waals surface area contributed by atoms with Gasteiger partial charge in [0.1, 0.15) is 0 Å². The molecule has 25 heavy (non-hydrogen) atoms. The van der Waals surface area contributed by atoms with Crippen LogP contribution in [0.3, 0.4) is 0 Å². The second kappa shape index (κ2) is 7.72. The van der Waals surface area contributed by atoms with Crippen molar-refractivity contribution >= 4 is 6.08 Å². The minimum absolute atomic E-state index is 0.341. The second-order valence-electron chi connectivity index (χ2n) is 6.58. The number of nitrogens with zero attached hydrogens (tertiary/aromatic N) is 2. The van der Waals surface area contributed by atoms with E-state index in [4.69, 9.17) is 9.47 Å². The Morgan fingerprint density at radius 2 is 1.60 bits per heavy atom. The quantitative estimate of drug-likeness (QED) is 0.837. The molecule has 0 atom stereocenters. The van der Waals surface area contributed by atoms with E-state index in [1.807, 2.05) is 6.07 Å². The number of hydrogen-bond donors (Lipinski definition) is 0. The van der Waals surface area contributed by atoms with Crippen molar-refractivity contribution in [1.29, 1.82) is 0 Å². The lowest BCUT2D eigenvalue weighted by Crippen LogP contribution is -2.45. The summed E-state index contributed by atoms with van der Waals surface area (Å²) < 4.78 is 10.8. The van der Waals surface area contributed by atoms with Crippen LogP contribution in [0.15, 0.2) is 54.6 Å². The van der Waals surface area contributed by atoms with Crippen molar-refractivity contribution in [2.24, 2.45) is 0 Å². The lowest BCUT2D eigenvalue weighted by Gasteiger charge is -2.34. The van der Waals surface area contributed by atoms with E-state index < -0.39 is 0 Å². The maximum atomic E-state index is 5.47. The normalized spacial score (nSPS) is 18.1. The zero-order valence-corrected chi connectivity index (χ0v) is 14.4. The van der Waals surface area contributed by atoms with Crippen molar-refractivity contribution in [3.8, 4) is 11.5 Å². The molecule has 0 bridgehead atoms. The number of hydrogen-bond acceptors (Lipinski definition) is 4. The predicted molar refractivity (Wildman–Crippen MR) is 99.8 cm³/mol. The van der Waals surface area contributed by atoms with Crippen molar-refractivity contribution in [3.05, 3.63) is 65.7 Å². The van der Waals surface area contributed by atoms with E-state index in [1.54, 1.807) is 0 Å². The molecular formula is C21H24N2O2. The van der Waals surface area contributed by atoms with Crippen LogP contribution in [0.1, 0.15) is 11.1 Å². The fourth-order valence-corrected chi connectivity index (χ4v) is 3.33. The van der Waals surface area contributed by atoms with Crippen molar-refractivity contribution in [3.63, 3.8) is 0 Å². The zero-order valence-electron chi connectivity index (χ0n) is 14.4. The van der Waals surface area contributed by atoms with Gasteiger partial charge in [-0.05, 0) is 23.3 Å². The maximum absolute atomic E-state index is 5.47. The molecule has 2 aliphatic heterocycles. The van der Waals surface area contributed by atoms with Gasteiger partial charge in [-0.2, -0.15) is 0 Å². The fourth-order valence-electron chi connectivity index (χ4n) is 3.33. The van der Waals surface area contributed by atoms with E-state index in [0.29, 0.717) is 6.79 Å². The molecule has 4 heteroatoms. The van der Waals surface area contributed by atoms with Crippen molar-refractivity contribution in [2.45, 2.75) is 6.54 Å². The molecular weight excluding hydrogens is 312 g/mol. The first-order valence-corrected chi connectivity index (χ1v) is 8.92. The lowest BCUT2D eigenvalue weighted by molar-refractivity contribution is 0.137. The summed E-state index contributed by atoms with van der Waals surface area (Å²) in [5.41, 5.74) is 2.56. The van der Waals surface area contributed by atoms with Crippen molar-refractivity contribution in [2.75, 3.05) is 39.5 Å². The van der Waals surface area contributed by atoms with Crippen LogP contribution in [0, 0.1) is 0 Å². The molecule has 2 heterocycles. The molecule has 2 aliphatic rings. The number of ether oxygens (including phenoxy) is 2. The molecule has 0 radical (unpaired) electrons. The van der Waals surface area contributed by atoms with Gasteiger partial charge in [0.25, 0.3) is 0 Å². The van der Waals surface area contributed by atoms with Crippen LogP contribution < -0.4 is 9.47 Å². The van der Waals surface area contributed by atoms with Gasteiger partial charge in [0.2, 0.25) is 6.79 Å². The lowest BCUT2D eigenvalue weighted by atomic mass is 10.1. The SMILES string of the molecule is C(=Cc1ccccc1)CN1CCN(Cc2ccc3c(c2)OCO3)CC1. The minimum atomic E-state index is 0.341. The number of rotatable bonds is 5. The monoisotopic (exact) mass is 336 g/mol. The largest absolute Gasteiger partial charge is 0.454 e. The molecule has 0 unspecified atom stereocenters. The van der Waals surface area contributed by atoms with Crippen molar-refractivity contribution < 1.29 is 9.47 Å². The van der Waals surface area contributed by atoms with Gasteiger partial charge in [-0.25, -0.2) is 0 Å². The first-order valence-electron chi connectivity index (χ1n) is 8.92. The van der Waals surface area contributed by atoms with Gasteiger partial charge in [0.15, 0.2) is 11.5 Å². The van der Waals surface area contributed by atoms with Crippen LogP contribution in [0.5, 0.6) is 11.5 Å². The molecule has 0 amide bonds. The molecule has 4 rings (SSSR count). The summed E-state index contributed by atoms with van der Waals surface area (Å²) in [6, 6.07) is 16.8. The Labute approximate surface area is 149 Å². The Bertz CT molecular complexity index is 722. The van der Waals surface area contributed by atoms with E-state index in [0.717, 1.165) is 50.8 Å². The van der Waals surface area contributed by atoms with Gasteiger partial charge in [0, 0.05) is 39.3 Å². The molecule has 0 spiro atoms. The summed E-state index contributed by atoms with van der Waals surface area (Å²) in [5.74, 6) is 1.74. The smallest absolute Gasteiger partial charge is 0.231 e. The third-order valence-corrected chi connectivity index (χ3v) is 4.78. The van der Waals surface area contributed by atoms with Gasteiger partial charge < -0.3 is 9.47 Å². The van der Waals surface area contributed by atoms with E-state index in [1.165, 1.54) is 11.1 Å². The molecule has 2 aromatic carbocycles. The average molecular weight is 336 g/mol. The second-order valence-corrected chi connectivity index (χ2v) is 6.58. The Kier molecular flexibility index (Phi) is 5.00. The minimum Gasteiger partial charge on any atom is -0.454 e. The predicted octanol–water partition coefficient (Wildman–Crippen LogP) is 3.25. The first kappa shape index (κ1) is 16.2. The molecule has 0 aliphatic carbocycles. The maximum Gasteiger partial charge on any atom is 0.231 e. The van der Waals surface area contributed by atoms with E-state index >= 15 is 0 Å². The van der Waals surface area contributed by atoms with Gasteiger partial charge in [-0.1, -0.05) is 48.6 Å². The third-order valence-electron chi connectivity index (χ3n) is 4.78. The number of piperazine rings is 1. The van der Waals surface area contributed by atoms with Gasteiger partial charge in [0.05, 0.1) is 0 Å². The molecule has 130 valence electrons. The van der Waals surface area contributed by atoms with E-state index in [-0.39, 0.29) is 0 Å². The van der Waals surface area contributed by atoms with Crippen LogP contribution in [0.2, 0.25) is 0 Å². The van der Waals surface area contributed by atoms with Crippen LogP contribution in [-0.4, -0.2) is 49.3 Å². The summed E-state index contributed by atoms with van der Waals surface area (Å²) in [7, 11) is 0. The standard InChI is InChI=1S/C21H24N2O2/c1-2-5-18(6-3-1)7-4-10-22-11-13-23(14-12-22)16-19-8-9-20-21(15-19)25-17-24-20/h1-9,15H,10-14,16-17H2. The van der Waals surface area contributed by atoms with Gasteiger partial charge in [-0.3, -0.25) is 9.80 Å². The summed E-state index contributed by atoms with van der Waals surface area (Å²) in [6.07, 6.45) is 4.47. The Hall–Kier alpha value is -2.30. The Balaban J connectivity index is 1.24. The van der Waals surface area contributed by atoms with Crippen LogP contribution >= 0.6 is 0 Å². The first-order chi connectivity index (χ1) is 12.4. The molecule has 2 aromatic rings. The fraction of sp³-hybridized carbons (Fsp3) is 0.333. The molecule has 0 aromatic heterocycles. The highest BCUT2D eigenvalue weighted by Gasteiger charge is 2.18. The van der Waals surface area contributed by atoms with E-state index in [2.05, 4.69) is 64.4 Å². The zero-order chi connectivity index (χ0) is 16.9. The van der Waals surface area contributed by atoms with Gasteiger partial charge in [-0.15, -0.1) is 0 Å². The topological polar surface area (TPSA) is 24.9 Å². The molecule has 0 N–H and O–H groups in total. The highest BCUT2D eigenvalue weighted by Crippen LogP contribution is 2.32. The molecule has 0 saturated carbocycles. The van der Waals surface area contributed by atoms with Crippen LogP contribution in [0.25, 0.3) is 6.08 Å². The summed E-state index contributed by atoms with van der Waals surface area (Å²) in [6.45, 7) is 6.78. The van der Waals surface area contributed by atoms with E-state index in [9.17, 15) is 0 Å². The van der Waals surface area contributed by atoms with Crippen molar-refractivity contribution in [1.82, 2.24) is 9.80 Å². The third kappa shape index (κ3) is 4.21. The molecule has 4 nitrogen and oxygen atoms in total. The Morgan fingerprint density at radius 1 is 0.840 bits per heavy atom. The highest BCUT2D eigenvalue weighted by atomic mass is 16.7. The number of benzene rings is 2. The van der Waals surface area contributed by atoms with Crippen LogP contribution in [0.4, 0.5) is 0 Å². The van der Waals surface area contributed by atoms with Gasteiger partial charge >= 0.3 is 0 Å². The average Bonchev–Trinajstić information content (AvgIpc) is 3.12. The molecule has 1 fully saturated rings. The number of fused-ring (bicyclic) bond motifs is 1. The summed E-state index contributed by atoms with van der Waals surface area (Å²) in [4.78, 5) is 5.02. The molecule has 1 saturated heterocycles. The summed E-state index contributed by atoms with van der Waals surface area (Å²) >= 11 is 0. The summed E-state index contributed by atoms with van der Waals surface area (Å²) in [5, 5.41) is 0. The highest BCUT2D eigenvalue weighted by molar-refractivity contribution is 5.48. The van der Waals surface area contributed by atoms with Crippen LogP contribution in [-0.2, 0) is 6.54 Å².